The van der Waals surface area contributed by atoms with Crippen LogP contribution in [0.5, 0.6) is 0 Å². The second kappa shape index (κ2) is 9.07. The van der Waals surface area contributed by atoms with E-state index in [9.17, 15) is 10.1 Å². The molecule has 0 saturated carbocycles. The van der Waals surface area contributed by atoms with Gasteiger partial charge in [0.25, 0.3) is 0 Å². The summed E-state index contributed by atoms with van der Waals surface area (Å²) in [6, 6.07) is 10.4. The molecule has 0 aliphatic carbocycles. The number of anilines is 1. The van der Waals surface area contributed by atoms with Crippen molar-refractivity contribution in [3.63, 3.8) is 0 Å². The third kappa shape index (κ3) is 4.91. The van der Waals surface area contributed by atoms with Gasteiger partial charge in [0.2, 0.25) is 5.95 Å². The average Bonchev–Trinajstić information content (AvgIpc) is 3.11. The Morgan fingerprint density at radius 2 is 1.89 bits per heavy atom. The molecule has 0 amide bonds. The molecule has 0 fully saturated rings. The highest BCUT2D eigenvalue weighted by Crippen LogP contribution is 2.30. The largest absolute Gasteiger partial charge is 0.354 e. The number of imidazole rings is 1. The lowest BCUT2D eigenvalue weighted by Crippen LogP contribution is -2.09. The third-order valence-corrected chi connectivity index (χ3v) is 4.47. The minimum absolute atomic E-state index is 0.0999. The van der Waals surface area contributed by atoms with Gasteiger partial charge < -0.3 is 10.3 Å². The molecule has 0 aliphatic heterocycles. The molecule has 0 bridgehead atoms. The number of H-pyrrole nitrogens is 1. The lowest BCUT2D eigenvalue weighted by atomic mass is 10.1. The Morgan fingerprint density at radius 1 is 1.11 bits per heavy atom. The molecule has 1 aromatic carbocycles. The van der Waals surface area contributed by atoms with Crippen LogP contribution in [-0.2, 0) is 6.42 Å². The number of hydrogen-bond acceptors (Lipinski definition) is 6. The van der Waals surface area contributed by atoms with Crippen molar-refractivity contribution < 1.29 is 4.92 Å². The van der Waals surface area contributed by atoms with Crippen molar-refractivity contribution in [3.8, 4) is 11.4 Å². The quantitative estimate of drug-likeness (QED) is 0.327. The third-order valence-electron chi connectivity index (χ3n) is 4.47. The molecule has 2 heterocycles. The Hall–Kier alpha value is -3.29. The molecular formula is C20H24N6O2. The van der Waals surface area contributed by atoms with E-state index in [0.29, 0.717) is 29.7 Å². The molecule has 0 radical (unpaired) electrons. The zero-order valence-electron chi connectivity index (χ0n) is 16.1. The number of nitrogens with zero attached hydrogens (tertiary/aromatic N) is 4. The van der Waals surface area contributed by atoms with Gasteiger partial charge in [-0.25, -0.2) is 15.0 Å². The summed E-state index contributed by atoms with van der Waals surface area (Å²) >= 11 is 0. The number of nitro groups is 1. The number of aromatic amines is 1. The van der Waals surface area contributed by atoms with E-state index in [0.717, 1.165) is 25.7 Å². The maximum atomic E-state index is 11.5. The number of benzene rings is 1. The van der Waals surface area contributed by atoms with Gasteiger partial charge >= 0.3 is 5.69 Å². The lowest BCUT2D eigenvalue weighted by molar-refractivity contribution is -0.385. The SMILES string of the molecule is Cc1ncc(-c2nc(NCCCCCc3ccccc3)nc(C)c2[N+](=O)[O-])[nH]1. The fourth-order valence-corrected chi connectivity index (χ4v) is 3.07. The lowest BCUT2D eigenvalue weighted by Gasteiger charge is -2.08. The zero-order chi connectivity index (χ0) is 19.9. The first-order chi connectivity index (χ1) is 13.5. The molecule has 8 heteroatoms. The van der Waals surface area contributed by atoms with E-state index in [2.05, 4.69) is 49.5 Å². The van der Waals surface area contributed by atoms with Crippen molar-refractivity contribution in [2.45, 2.75) is 39.5 Å². The Balaban J connectivity index is 1.59. The normalized spacial score (nSPS) is 10.8. The molecule has 28 heavy (non-hydrogen) atoms. The minimum atomic E-state index is -0.450. The highest BCUT2D eigenvalue weighted by Gasteiger charge is 2.24. The van der Waals surface area contributed by atoms with Gasteiger partial charge in [0.1, 0.15) is 11.5 Å². The summed E-state index contributed by atoms with van der Waals surface area (Å²) in [6.07, 6.45) is 5.80. The predicted octanol–water partition coefficient (Wildman–Crippen LogP) is 4.22. The van der Waals surface area contributed by atoms with Gasteiger partial charge in [-0.1, -0.05) is 36.8 Å². The van der Waals surface area contributed by atoms with Gasteiger partial charge in [-0.15, -0.1) is 0 Å². The highest BCUT2D eigenvalue weighted by atomic mass is 16.6. The van der Waals surface area contributed by atoms with E-state index in [4.69, 9.17) is 0 Å². The molecule has 8 nitrogen and oxygen atoms in total. The summed E-state index contributed by atoms with van der Waals surface area (Å²) in [4.78, 5) is 26.7. The van der Waals surface area contributed by atoms with Crippen molar-refractivity contribution >= 4 is 11.6 Å². The van der Waals surface area contributed by atoms with E-state index in [1.54, 1.807) is 20.0 Å². The van der Waals surface area contributed by atoms with Gasteiger partial charge in [0.05, 0.1) is 16.8 Å². The van der Waals surface area contributed by atoms with Crippen molar-refractivity contribution in [1.29, 1.82) is 0 Å². The Kier molecular flexibility index (Phi) is 6.31. The van der Waals surface area contributed by atoms with Crippen LogP contribution in [-0.4, -0.2) is 31.4 Å². The van der Waals surface area contributed by atoms with Gasteiger partial charge in [-0.3, -0.25) is 10.1 Å². The van der Waals surface area contributed by atoms with E-state index < -0.39 is 4.92 Å². The van der Waals surface area contributed by atoms with Gasteiger partial charge in [-0.2, -0.15) is 0 Å². The topological polar surface area (TPSA) is 110 Å². The Morgan fingerprint density at radius 3 is 2.57 bits per heavy atom. The van der Waals surface area contributed by atoms with Gasteiger partial charge in [-0.05, 0) is 38.7 Å². The molecule has 3 rings (SSSR count). The van der Waals surface area contributed by atoms with E-state index in [1.165, 1.54) is 5.56 Å². The highest BCUT2D eigenvalue weighted by molar-refractivity contribution is 5.68. The van der Waals surface area contributed by atoms with Crippen LogP contribution in [0.1, 0.15) is 36.3 Å². The molecule has 3 aromatic rings. The molecule has 2 N–H and O–H groups in total. The monoisotopic (exact) mass is 380 g/mol. The zero-order valence-corrected chi connectivity index (χ0v) is 16.1. The van der Waals surface area contributed by atoms with Crippen LogP contribution in [0.2, 0.25) is 0 Å². The Bertz CT molecular complexity index is 939. The number of aromatic nitrogens is 4. The van der Waals surface area contributed by atoms with Crippen LogP contribution < -0.4 is 5.32 Å². The number of rotatable bonds is 9. The number of nitrogens with one attached hydrogen (secondary N) is 2. The fourth-order valence-electron chi connectivity index (χ4n) is 3.07. The van der Waals surface area contributed by atoms with E-state index in [-0.39, 0.29) is 11.4 Å². The standard InChI is InChI=1S/C20H24N6O2/c1-14-19(26(27)28)18(17-13-22-15(2)24-17)25-20(23-14)21-12-8-4-7-11-16-9-5-3-6-10-16/h3,5-6,9-10,13H,4,7-8,11-12H2,1-2H3,(H,22,24)(H,21,23,25). The van der Waals surface area contributed by atoms with Crippen molar-refractivity contribution in [1.82, 2.24) is 19.9 Å². The van der Waals surface area contributed by atoms with Crippen LogP contribution in [0.4, 0.5) is 11.6 Å². The first-order valence-corrected chi connectivity index (χ1v) is 9.37. The van der Waals surface area contributed by atoms with Gasteiger partial charge in [0, 0.05) is 6.54 Å². The first kappa shape index (κ1) is 19.5. The summed E-state index contributed by atoms with van der Waals surface area (Å²) in [5.74, 6) is 1.07. The van der Waals surface area contributed by atoms with Gasteiger partial charge in [0.15, 0.2) is 5.69 Å². The molecule has 0 spiro atoms. The molecule has 0 saturated heterocycles. The molecule has 2 aromatic heterocycles. The summed E-state index contributed by atoms with van der Waals surface area (Å²) in [5, 5.41) is 14.6. The maximum absolute atomic E-state index is 11.5. The average molecular weight is 380 g/mol. The smallest absolute Gasteiger partial charge is 0.318 e. The minimum Gasteiger partial charge on any atom is -0.354 e. The predicted molar refractivity (Wildman–Crippen MR) is 108 cm³/mol. The van der Waals surface area contributed by atoms with Crippen LogP contribution in [0.3, 0.4) is 0 Å². The van der Waals surface area contributed by atoms with Crippen LogP contribution in [0.15, 0.2) is 36.5 Å². The van der Waals surface area contributed by atoms with Crippen molar-refractivity contribution in [3.05, 3.63) is 63.7 Å². The summed E-state index contributed by atoms with van der Waals surface area (Å²) < 4.78 is 0. The molecular weight excluding hydrogens is 356 g/mol. The van der Waals surface area contributed by atoms with Crippen molar-refractivity contribution in [2.75, 3.05) is 11.9 Å². The second-order valence-corrected chi connectivity index (χ2v) is 6.69. The summed E-state index contributed by atoms with van der Waals surface area (Å²) in [5.41, 5.74) is 2.35. The molecule has 146 valence electrons. The number of unbranched alkanes of at least 4 members (excludes halogenated alkanes) is 2. The second-order valence-electron chi connectivity index (χ2n) is 6.69. The van der Waals surface area contributed by atoms with Crippen LogP contribution in [0.25, 0.3) is 11.4 Å². The van der Waals surface area contributed by atoms with Crippen LogP contribution in [0, 0.1) is 24.0 Å². The van der Waals surface area contributed by atoms with Crippen LogP contribution >= 0.6 is 0 Å². The van der Waals surface area contributed by atoms with E-state index in [1.807, 2.05) is 6.07 Å². The summed E-state index contributed by atoms with van der Waals surface area (Å²) in [6.45, 7) is 4.13. The maximum Gasteiger partial charge on any atom is 0.318 e. The molecule has 0 unspecified atom stereocenters. The summed E-state index contributed by atoms with van der Waals surface area (Å²) in [7, 11) is 0. The Labute approximate surface area is 163 Å². The number of hydrogen-bond donors (Lipinski definition) is 2. The number of aryl methyl sites for hydroxylation is 3. The van der Waals surface area contributed by atoms with E-state index >= 15 is 0 Å². The molecule has 0 atom stereocenters. The first-order valence-electron chi connectivity index (χ1n) is 9.37. The molecule has 0 aliphatic rings. The fraction of sp³-hybridized carbons (Fsp3) is 0.350. The van der Waals surface area contributed by atoms with Crippen molar-refractivity contribution in [2.24, 2.45) is 0 Å².